The lowest BCUT2D eigenvalue weighted by molar-refractivity contribution is -0.384. The summed E-state index contributed by atoms with van der Waals surface area (Å²) < 4.78 is 23.3. The molecule has 0 saturated carbocycles. The molecule has 1 aliphatic heterocycles. The Labute approximate surface area is 125 Å². The zero-order chi connectivity index (χ0) is 14.8. The van der Waals surface area contributed by atoms with E-state index in [0.717, 1.165) is 5.56 Å². The van der Waals surface area contributed by atoms with Crippen molar-refractivity contribution in [1.29, 1.82) is 0 Å². The van der Waals surface area contributed by atoms with Crippen LogP contribution in [0.2, 0.25) is 0 Å². The van der Waals surface area contributed by atoms with E-state index in [1.807, 2.05) is 0 Å². The lowest BCUT2D eigenvalue weighted by atomic mass is 10.1. The van der Waals surface area contributed by atoms with Gasteiger partial charge >= 0.3 is 0 Å². The van der Waals surface area contributed by atoms with Gasteiger partial charge in [-0.15, -0.1) is 0 Å². The first-order valence-electron chi connectivity index (χ1n) is 6.21. The summed E-state index contributed by atoms with van der Waals surface area (Å²) in [5.41, 5.74) is 0.957. The molecule has 1 saturated heterocycles. The summed E-state index contributed by atoms with van der Waals surface area (Å²) in [5.74, 6) is 0.693. The van der Waals surface area contributed by atoms with Crippen LogP contribution in [0.3, 0.4) is 0 Å². The Kier molecular flexibility index (Phi) is 4.77. The SMILES string of the molecule is O=[N+]([O-])c1ccc(CNCC2CCS(=O)(=O)C2)c(Br)c1. The molecule has 6 nitrogen and oxygen atoms in total. The minimum Gasteiger partial charge on any atom is -0.312 e. The highest BCUT2D eigenvalue weighted by atomic mass is 79.9. The van der Waals surface area contributed by atoms with Crippen LogP contribution in [0, 0.1) is 16.0 Å². The van der Waals surface area contributed by atoms with Gasteiger partial charge in [0.1, 0.15) is 0 Å². The lowest BCUT2D eigenvalue weighted by Gasteiger charge is -2.10. The minimum absolute atomic E-state index is 0.0440. The first kappa shape index (κ1) is 15.4. The Morgan fingerprint density at radius 1 is 1.45 bits per heavy atom. The third-order valence-corrected chi connectivity index (χ3v) is 5.90. The van der Waals surface area contributed by atoms with E-state index < -0.39 is 14.8 Å². The molecule has 1 aromatic carbocycles. The summed E-state index contributed by atoms with van der Waals surface area (Å²) in [5, 5.41) is 13.8. The highest BCUT2D eigenvalue weighted by Gasteiger charge is 2.27. The molecule has 1 unspecified atom stereocenters. The van der Waals surface area contributed by atoms with Gasteiger partial charge in [0.15, 0.2) is 9.84 Å². The number of hydrogen-bond acceptors (Lipinski definition) is 5. The molecule has 0 aromatic heterocycles. The van der Waals surface area contributed by atoms with Crippen molar-refractivity contribution >= 4 is 31.5 Å². The fourth-order valence-electron chi connectivity index (χ4n) is 2.24. The molecule has 2 rings (SSSR count). The first-order valence-corrected chi connectivity index (χ1v) is 8.83. The quantitative estimate of drug-likeness (QED) is 0.637. The standard InChI is InChI=1S/C12H15BrN2O4S/c13-12-5-11(15(16)17)2-1-10(12)7-14-6-9-3-4-20(18,19)8-9/h1-2,5,9,14H,3-4,6-8H2. The Morgan fingerprint density at radius 3 is 2.75 bits per heavy atom. The third kappa shape index (κ3) is 4.00. The Morgan fingerprint density at radius 2 is 2.20 bits per heavy atom. The maximum atomic E-state index is 11.3. The van der Waals surface area contributed by atoms with E-state index in [0.29, 0.717) is 24.0 Å². The Hall–Kier alpha value is -0.990. The molecule has 1 fully saturated rings. The van der Waals surface area contributed by atoms with Crippen molar-refractivity contribution in [1.82, 2.24) is 5.32 Å². The molecule has 0 bridgehead atoms. The van der Waals surface area contributed by atoms with Gasteiger partial charge in [0.25, 0.3) is 5.69 Å². The van der Waals surface area contributed by atoms with E-state index in [4.69, 9.17) is 0 Å². The molecule has 20 heavy (non-hydrogen) atoms. The highest BCUT2D eigenvalue weighted by Crippen LogP contribution is 2.23. The van der Waals surface area contributed by atoms with E-state index in [1.54, 1.807) is 6.07 Å². The van der Waals surface area contributed by atoms with Crippen molar-refractivity contribution in [3.63, 3.8) is 0 Å². The minimum atomic E-state index is -2.84. The van der Waals surface area contributed by atoms with Crippen molar-refractivity contribution in [2.24, 2.45) is 5.92 Å². The van der Waals surface area contributed by atoms with Crippen LogP contribution >= 0.6 is 15.9 Å². The highest BCUT2D eigenvalue weighted by molar-refractivity contribution is 9.10. The van der Waals surface area contributed by atoms with Gasteiger partial charge in [0, 0.05) is 23.2 Å². The summed E-state index contributed by atoms with van der Waals surface area (Å²) >= 11 is 3.31. The average molecular weight is 363 g/mol. The molecule has 0 radical (unpaired) electrons. The van der Waals surface area contributed by atoms with Crippen LogP contribution < -0.4 is 5.32 Å². The summed E-state index contributed by atoms with van der Waals surface area (Å²) in [7, 11) is -2.84. The smallest absolute Gasteiger partial charge is 0.270 e. The van der Waals surface area contributed by atoms with Crippen LogP contribution in [0.4, 0.5) is 5.69 Å². The van der Waals surface area contributed by atoms with E-state index in [9.17, 15) is 18.5 Å². The number of nitro benzene ring substituents is 1. The number of nitrogens with zero attached hydrogens (tertiary/aromatic N) is 1. The molecule has 1 aliphatic rings. The van der Waals surface area contributed by atoms with Crippen LogP contribution in [0.25, 0.3) is 0 Å². The molecule has 8 heteroatoms. The van der Waals surface area contributed by atoms with E-state index in [1.165, 1.54) is 12.1 Å². The Bertz CT molecular complexity index is 618. The zero-order valence-electron chi connectivity index (χ0n) is 10.7. The monoisotopic (exact) mass is 362 g/mol. The molecule has 1 atom stereocenters. The molecule has 1 N–H and O–H groups in total. The Balaban J connectivity index is 1.87. The molecule has 1 aromatic rings. The van der Waals surface area contributed by atoms with Crippen molar-refractivity contribution < 1.29 is 13.3 Å². The number of non-ortho nitro benzene ring substituents is 1. The van der Waals surface area contributed by atoms with Gasteiger partial charge in [-0.3, -0.25) is 10.1 Å². The topological polar surface area (TPSA) is 89.3 Å². The molecular weight excluding hydrogens is 348 g/mol. The predicted octanol–water partition coefficient (Wildman–Crippen LogP) is 1.88. The molecule has 110 valence electrons. The second-order valence-electron chi connectivity index (χ2n) is 4.93. The fourth-order valence-corrected chi connectivity index (χ4v) is 4.61. The van der Waals surface area contributed by atoms with Gasteiger partial charge in [0.2, 0.25) is 0 Å². The zero-order valence-corrected chi connectivity index (χ0v) is 13.1. The molecular formula is C12H15BrN2O4S. The third-order valence-electron chi connectivity index (χ3n) is 3.32. The summed E-state index contributed by atoms with van der Waals surface area (Å²) in [6, 6.07) is 4.62. The van der Waals surface area contributed by atoms with Crippen LogP contribution in [0.15, 0.2) is 22.7 Å². The van der Waals surface area contributed by atoms with Gasteiger partial charge in [-0.25, -0.2) is 8.42 Å². The molecule has 1 heterocycles. The normalized spacial score (nSPS) is 20.9. The largest absolute Gasteiger partial charge is 0.312 e. The van der Waals surface area contributed by atoms with Crippen molar-refractivity contribution in [3.05, 3.63) is 38.3 Å². The number of benzene rings is 1. The van der Waals surface area contributed by atoms with Gasteiger partial charge in [0.05, 0.1) is 16.4 Å². The summed E-state index contributed by atoms with van der Waals surface area (Å²) in [6.07, 6.45) is 0.705. The van der Waals surface area contributed by atoms with Crippen molar-refractivity contribution in [2.75, 3.05) is 18.1 Å². The molecule has 0 amide bonds. The predicted molar refractivity (Wildman–Crippen MR) is 79.3 cm³/mol. The summed E-state index contributed by atoms with van der Waals surface area (Å²) in [6.45, 7) is 1.19. The van der Waals surface area contributed by atoms with Gasteiger partial charge < -0.3 is 5.32 Å². The molecule has 0 aliphatic carbocycles. The van der Waals surface area contributed by atoms with E-state index >= 15 is 0 Å². The average Bonchev–Trinajstić information content (AvgIpc) is 2.70. The van der Waals surface area contributed by atoms with Crippen molar-refractivity contribution in [2.45, 2.75) is 13.0 Å². The van der Waals surface area contributed by atoms with E-state index in [2.05, 4.69) is 21.2 Å². The second kappa shape index (κ2) is 6.19. The number of rotatable bonds is 5. The van der Waals surface area contributed by atoms with Crippen LogP contribution in [0.1, 0.15) is 12.0 Å². The van der Waals surface area contributed by atoms with Crippen LogP contribution in [-0.4, -0.2) is 31.4 Å². The van der Waals surface area contributed by atoms with Crippen LogP contribution in [-0.2, 0) is 16.4 Å². The second-order valence-corrected chi connectivity index (χ2v) is 8.02. The maximum Gasteiger partial charge on any atom is 0.270 e. The maximum absolute atomic E-state index is 11.3. The van der Waals surface area contributed by atoms with Crippen molar-refractivity contribution in [3.8, 4) is 0 Å². The summed E-state index contributed by atoms with van der Waals surface area (Å²) in [4.78, 5) is 10.2. The number of nitro groups is 1. The van der Waals surface area contributed by atoms with Gasteiger partial charge in [-0.2, -0.15) is 0 Å². The molecule has 0 spiro atoms. The fraction of sp³-hybridized carbons (Fsp3) is 0.500. The van der Waals surface area contributed by atoms with Gasteiger partial charge in [-0.1, -0.05) is 15.9 Å². The van der Waals surface area contributed by atoms with Crippen LogP contribution in [0.5, 0.6) is 0 Å². The number of nitrogens with one attached hydrogen (secondary N) is 1. The lowest BCUT2D eigenvalue weighted by Crippen LogP contribution is -2.23. The van der Waals surface area contributed by atoms with Gasteiger partial charge in [-0.05, 0) is 30.5 Å². The first-order chi connectivity index (χ1) is 9.37. The number of halogens is 1. The number of hydrogen-bond donors (Lipinski definition) is 1. The number of sulfone groups is 1. The van der Waals surface area contributed by atoms with E-state index in [-0.39, 0.29) is 23.1 Å².